The van der Waals surface area contributed by atoms with Crippen LogP contribution < -0.4 is 4.90 Å². The van der Waals surface area contributed by atoms with Crippen molar-refractivity contribution in [2.45, 2.75) is 6.42 Å². The van der Waals surface area contributed by atoms with Gasteiger partial charge in [0.05, 0.1) is 22.4 Å². The van der Waals surface area contributed by atoms with Gasteiger partial charge in [0.2, 0.25) is 0 Å². The lowest BCUT2D eigenvalue weighted by Gasteiger charge is -2.38. The Hall–Kier alpha value is -4.56. The van der Waals surface area contributed by atoms with Crippen LogP contribution >= 0.6 is 0 Å². The first-order chi connectivity index (χ1) is 17.4. The fraction of sp³-hybridized carbons (Fsp3) is 0.0303. The molecule has 3 heterocycles. The second kappa shape index (κ2) is 6.97. The summed E-state index contributed by atoms with van der Waals surface area (Å²) in [5, 5.41) is 2.58. The SMILES string of the molecule is C1=C2c3ccc(-n4c5ccccc5c5ccccc54)cc3-c3ccccc3N2c2ccccc2C1. The molecule has 5 aromatic carbocycles. The van der Waals surface area contributed by atoms with E-state index >= 15 is 0 Å². The molecule has 2 nitrogen and oxygen atoms in total. The van der Waals surface area contributed by atoms with E-state index in [9.17, 15) is 0 Å². The Morgan fingerprint density at radius 3 is 1.97 bits per heavy atom. The van der Waals surface area contributed by atoms with Crippen LogP contribution in [0.3, 0.4) is 0 Å². The van der Waals surface area contributed by atoms with E-state index in [0.29, 0.717) is 0 Å². The van der Waals surface area contributed by atoms with Crippen molar-refractivity contribution in [3.63, 3.8) is 0 Å². The molecule has 35 heavy (non-hydrogen) atoms. The van der Waals surface area contributed by atoms with E-state index in [0.717, 1.165) is 6.42 Å². The summed E-state index contributed by atoms with van der Waals surface area (Å²) in [6, 6.07) is 42.0. The molecule has 6 aromatic rings. The highest BCUT2D eigenvalue weighted by Crippen LogP contribution is 2.51. The third-order valence-electron chi connectivity index (χ3n) is 7.54. The van der Waals surface area contributed by atoms with Crippen molar-refractivity contribution in [3.05, 3.63) is 132 Å². The highest BCUT2D eigenvalue weighted by molar-refractivity contribution is 6.10. The van der Waals surface area contributed by atoms with Crippen molar-refractivity contribution < 1.29 is 0 Å². The molecule has 8 rings (SSSR count). The molecule has 0 aliphatic carbocycles. The van der Waals surface area contributed by atoms with Crippen molar-refractivity contribution in [1.82, 2.24) is 4.57 Å². The van der Waals surface area contributed by atoms with Crippen LogP contribution in [-0.4, -0.2) is 4.57 Å². The fourth-order valence-electron chi connectivity index (χ4n) is 6.03. The Kier molecular flexibility index (Phi) is 3.75. The molecule has 0 amide bonds. The summed E-state index contributed by atoms with van der Waals surface area (Å²) in [6.45, 7) is 0. The number of anilines is 2. The van der Waals surface area contributed by atoms with Gasteiger partial charge in [0, 0.05) is 33.3 Å². The van der Waals surface area contributed by atoms with Gasteiger partial charge in [0.1, 0.15) is 0 Å². The summed E-state index contributed by atoms with van der Waals surface area (Å²) in [6.07, 6.45) is 3.34. The number of benzene rings is 5. The lowest BCUT2D eigenvalue weighted by Crippen LogP contribution is -2.24. The van der Waals surface area contributed by atoms with Gasteiger partial charge in [-0.1, -0.05) is 84.9 Å². The smallest absolute Gasteiger partial charge is 0.0541 e. The molecular weight excluding hydrogens is 424 g/mol. The summed E-state index contributed by atoms with van der Waals surface area (Å²) in [4.78, 5) is 2.44. The van der Waals surface area contributed by atoms with Crippen molar-refractivity contribution in [2.75, 3.05) is 4.90 Å². The second-order valence-electron chi connectivity index (χ2n) is 9.37. The number of fused-ring (bicyclic) bond motifs is 11. The summed E-state index contributed by atoms with van der Waals surface area (Å²) in [7, 11) is 0. The Morgan fingerprint density at radius 2 is 1.17 bits per heavy atom. The van der Waals surface area contributed by atoms with Gasteiger partial charge in [0.15, 0.2) is 0 Å². The molecule has 0 N–H and O–H groups in total. The Balaban J connectivity index is 1.41. The number of hydrogen-bond donors (Lipinski definition) is 0. The number of nitrogens with zero attached hydrogens (tertiary/aromatic N) is 2. The predicted molar refractivity (Wildman–Crippen MR) is 146 cm³/mol. The third kappa shape index (κ3) is 2.54. The van der Waals surface area contributed by atoms with Crippen LogP contribution in [0.15, 0.2) is 121 Å². The highest BCUT2D eigenvalue weighted by Gasteiger charge is 2.31. The number of aromatic nitrogens is 1. The molecule has 1 aromatic heterocycles. The number of para-hydroxylation sites is 4. The van der Waals surface area contributed by atoms with Gasteiger partial charge in [0.25, 0.3) is 0 Å². The molecule has 0 saturated carbocycles. The van der Waals surface area contributed by atoms with Crippen molar-refractivity contribution in [2.24, 2.45) is 0 Å². The lowest BCUT2D eigenvalue weighted by molar-refractivity contribution is 1.13. The average Bonchev–Trinajstić information content (AvgIpc) is 3.27. The van der Waals surface area contributed by atoms with E-state index in [2.05, 4.69) is 131 Å². The number of allylic oxidation sites excluding steroid dienone is 1. The summed E-state index contributed by atoms with van der Waals surface area (Å²) in [5.41, 5.74) is 12.7. The standard InChI is InChI=1S/C33H22N2/c1-5-13-29-22(9-1)17-20-33-27-19-18-23(21-28(27)26-12-4-8-16-32(26)35(29)33)34-30-14-6-2-10-24(30)25-11-3-7-15-31(25)34/h1-16,18-21H,17H2. The van der Waals surface area contributed by atoms with E-state index < -0.39 is 0 Å². The summed E-state index contributed by atoms with van der Waals surface area (Å²) >= 11 is 0. The zero-order valence-electron chi connectivity index (χ0n) is 19.1. The van der Waals surface area contributed by atoms with Gasteiger partial charge in [-0.3, -0.25) is 0 Å². The summed E-state index contributed by atoms with van der Waals surface area (Å²) < 4.78 is 2.41. The molecule has 164 valence electrons. The van der Waals surface area contributed by atoms with Crippen molar-refractivity contribution in [1.29, 1.82) is 0 Å². The monoisotopic (exact) mass is 446 g/mol. The molecule has 0 spiro atoms. The molecule has 0 atom stereocenters. The first-order valence-corrected chi connectivity index (χ1v) is 12.2. The molecule has 0 radical (unpaired) electrons. The van der Waals surface area contributed by atoms with E-state index in [4.69, 9.17) is 0 Å². The van der Waals surface area contributed by atoms with Gasteiger partial charge in [-0.25, -0.2) is 0 Å². The maximum atomic E-state index is 2.44. The minimum absolute atomic E-state index is 0.957. The van der Waals surface area contributed by atoms with Gasteiger partial charge in [-0.2, -0.15) is 0 Å². The summed E-state index contributed by atoms with van der Waals surface area (Å²) in [5.74, 6) is 0. The first-order valence-electron chi connectivity index (χ1n) is 12.2. The lowest BCUT2D eigenvalue weighted by atomic mass is 9.87. The second-order valence-corrected chi connectivity index (χ2v) is 9.37. The molecule has 0 fully saturated rings. The normalized spacial score (nSPS) is 13.7. The van der Waals surface area contributed by atoms with Crippen LogP contribution in [0.1, 0.15) is 11.1 Å². The van der Waals surface area contributed by atoms with Crippen LogP contribution in [0.2, 0.25) is 0 Å². The van der Waals surface area contributed by atoms with Crippen molar-refractivity contribution >= 4 is 38.9 Å². The van der Waals surface area contributed by atoms with Crippen LogP contribution in [0.25, 0.3) is 44.3 Å². The highest BCUT2D eigenvalue weighted by atomic mass is 15.2. The fourth-order valence-corrected chi connectivity index (χ4v) is 6.03. The molecule has 2 aliphatic rings. The van der Waals surface area contributed by atoms with Gasteiger partial charge >= 0.3 is 0 Å². The molecule has 2 aliphatic heterocycles. The quantitative estimate of drug-likeness (QED) is 0.246. The van der Waals surface area contributed by atoms with E-state index in [1.54, 1.807) is 0 Å². The number of rotatable bonds is 1. The largest absolute Gasteiger partial charge is 0.309 e. The minimum Gasteiger partial charge on any atom is -0.309 e. The molecular formula is C33H22N2. The maximum absolute atomic E-state index is 2.44. The van der Waals surface area contributed by atoms with Gasteiger partial charge < -0.3 is 9.47 Å². The topological polar surface area (TPSA) is 8.17 Å². The maximum Gasteiger partial charge on any atom is 0.0541 e. The number of hydrogen-bond acceptors (Lipinski definition) is 1. The van der Waals surface area contributed by atoms with Crippen LogP contribution in [0.5, 0.6) is 0 Å². The molecule has 0 unspecified atom stereocenters. The van der Waals surface area contributed by atoms with Crippen LogP contribution in [0.4, 0.5) is 11.4 Å². The predicted octanol–water partition coefficient (Wildman–Crippen LogP) is 8.50. The van der Waals surface area contributed by atoms with Gasteiger partial charge in [-0.05, 0) is 53.9 Å². The van der Waals surface area contributed by atoms with Crippen LogP contribution in [0, 0.1) is 0 Å². The molecule has 2 heteroatoms. The Bertz CT molecular complexity index is 1780. The molecule has 0 saturated heterocycles. The van der Waals surface area contributed by atoms with E-state index in [1.165, 1.54) is 66.8 Å². The zero-order valence-corrected chi connectivity index (χ0v) is 19.1. The van der Waals surface area contributed by atoms with Crippen LogP contribution in [-0.2, 0) is 6.42 Å². The van der Waals surface area contributed by atoms with E-state index in [1.807, 2.05) is 0 Å². The van der Waals surface area contributed by atoms with Gasteiger partial charge in [-0.15, -0.1) is 0 Å². The Morgan fingerprint density at radius 1 is 0.514 bits per heavy atom. The first kappa shape index (κ1) is 18.8. The van der Waals surface area contributed by atoms with Crippen molar-refractivity contribution in [3.8, 4) is 16.8 Å². The average molecular weight is 447 g/mol. The van der Waals surface area contributed by atoms with E-state index in [-0.39, 0.29) is 0 Å². The zero-order chi connectivity index (χ0) is 22.9. The third-order valence-corrected chi connectivity index (χ3v) is 7.54. The Labute approximate surface area is 204 Å². The minimum atomic E-state index is 0.957. The molecule has 0 bridgehead atoms.